The molecule has 0 aromatic carbocycles. The fourth-order valence-electron chi connectivity index (χ4n) is 4.68. The predicted molar refractivity (Wildman–Crippen MR) is 139 cm³/mol. The molecule has 28 heteroatoms. The largest absolute Gasteiger partial charge is 1.00 e. The normalized spacial score (nSPS) is 31.5. The molecule has 2 saturated heterocycles. The number of anilines is 1. The van der Waals surface area contributed by atoms with E-state index in [0.29, 0.717) is 5.69 Å². The summed E-state index contributed by atoms with van der Waals surface area (Å²) in [4.78, 5) is 46.8. The van der Waals surface area contributed by atoms with Crippen molar-refractivity contribution in [3.8, 4) is 0 Å². The topological polar surface area (TPSA) is 368 Å². The molecule has 9 N–H and O–H groups in total. The molecule has 5 heterocycles. The monoisotopic (exact) mass is 744 g/mol. The summed E-state index contributed by atoms with van der Waals surface area (Å²) >= 11 is 0. The molecule has 11 atom stereocenters. The van der Waals surface area contributed by atoms with E-state index >= 15 is 0 Å². The van der Waals surface area contributed by atoms with Gasteiger partial charge < -0.3 is 60.2 Å². The van der Waals surface area contributed by atoms with Crippen molar-refractivity contribution in [3.05, 3.63) is 28.6 Å². The Morgan fingerprint density at radius 1 is 1.00 bits per heavy atom. The smallest absolute Gasteiger partial charge is 0.756 e. The van der Waals surface area contributed by atoms with Crippen LogP contribution < -0.4 is 80.2 Å². The Kier molecular flexibility index (Phi) is 14.5. The van der Waals surface area contributed by atoms with E-state index in [1.54, 1.807) is 0 Å². The number of ether oxygens (including phenoxy) is 2. The fraction of sp³-hybridized carbons (Fsp3) is 0.650. The Labute approximate surface area is 312 Å². The first kappa shape index (κ1) is 41.6. The van der Waals surface area contributed by atoms with Crippen LogP contribution in [0.15, 0.2) is 17.3 Å². The number of aromatic nitrogens is 7. The second-order valence-corrected chi connectivity index (χ2v) is 13.0. The number of hydrogen-bond acceptors (Lipinski definition) is 21. The number of H-pyrrole nitrogens is 1. The van der Waals surface area contributed by atoms with E-state index in [4.69, 9.17) is 20.3 Å². The average molecular weight is 744 g/mol. The van der Waals surface area contributed by atoms with Crippen molar-refractivity contribution in [2.75, 3.05) is 18.9 Å². The minimum Gasteiger partial charge on any atom is -0.756 e. The second-order valence-electron chi connectivity index (χ2n) is 10.1. The quantitative estimate of drug-likeness (QED) is 0.0630. The van der Waals surface area contributed by atoms with E-state index in [-0.39, 0.29) is 95.8 Å². The van der Waals surface area contributed by atoms with Crippen molar-refractivity contribution in [2.45, 2.75) is 68.2 Å². The Bertz CT molecular complexity index is 1700. The van der Waals surface area contributed by atoms with Crippen LogP contribution in [0.4, 0.5) is 5.95 Å². The first-order valence-electron chi connectivity index (χ1n) is 13.2. The maximum atomic E-state index is 12.5. The van der Waals surface area contributed by atoms with Crippen LogP contribution in [0.25, 0.3) is 11.2 Å². The van der Waals surface area contributed by atoms with Crippen molar-refractivity contribution >= 4 is 32.8 Å². The number of nitrogens with zero attached hydrogens (tertiary/aromatic N) is 6. The first-order chi connectivity index (χ1) is 21.6. The number of nitrogen functional groups attached to an aromatic ring is 1. The van der Waals surface area contributed by atoms with Gasteiger partial charge in [0, 0.05) is 19.2 Å². The molecule has 48 heavy (non-hydrogen) atoms. The molecule has 0 amide bonds. The van der Waals surface area contributed by atoms with Crippen LogP contribution in [0.1, 0.15) is 11.9 Å². The average Bonchev–Trinajstić information content (AvgIpc) is 3.67. The third-order valence-corrected chi connectivity index (χ3v) is 9.41. The second kappa shape index (κ2) is 16.7. The minimum atomic E-state index is -5.97. The van der Waals surface area contributed by atoms with Crippen LogP contribution in [0.5, 0.6) is 0 Å². The van der Waals surface area contributed by atoms with Gasteiger partial charge in [-0.3, -0.25) is 28.0 Å². The Morgan fingerprint density at radius 3 is 2.38 bits per heavy atom. The van der Waals surface area contributed by atoms with Crippen LogP contribution >= 0.6 is 15.6 Å². The molecule has 0 spiro atoms. The van der Waals surface area contributed by atoms with E-state index < -0.39 is 83.1 Å². The van der Waals surface area contributed by atoms with Gasteiger partial charge in [-0.05, 0) is 0 Å². The molecule has 2 aliphatic rings. The van der Waals surface area contributed by atoms with E-state index in [2.05, 4.69) is 38.6 Å². The molecule has 0 aliphatic carbocycles. The zero-order chi connectivity index (χ0) is 33.6. The molecule has 3 aromatic rings. The van der Waals surface area contributed by atoms with Crippen molar-refractivity contribution in [1.29, 1.82) is 0 Å². The van der Waals surface area contributed by atoms with E-state index in [0.717, 1.165) is 15.6 Å². The molecule has 2 fully saturated rings. The summed E-state index contributed by atoms with van der Waals surface area (Å²) < 4.78 is 50.8. The van der Waals surface area contributed by atoms with E-state index in [9.17, 15) is 49.2 Å². The maximum absolute atomic E-state index is 12.5. The van der Waals surface area contributed by atoms with Gasteiger partial charge in [0.25, 0.3) is 21.2 Å². The van der Waals surface area contributed by atoms with Gasteiger partial charge in [-0.25, -0.2) is 14.0 Å². The SMILES string of the molecule is Nc1nc2c(ncn2[C@@H]2O[C@H](COP(=O)([O-])OP(=O)([O-])O[C@H]3O[C@@H](Cn4cc(CCO)nn4)[C@@H](O)[C@@H](O)[C@@H]3O)[C@@H](O)[C@H]2O)c(=O)[nH]1.[Na+].[Na+]. The van der Waals surface area contributed by atoms with Crippen molar-refractivity contribution in [3.63, 3.8) is 0 Å². The molecule has 2 aliphatic heterocycles. The van der Waals surface area contributed by atoms with E-state index in [1.165, 1.54) is 6.20 Å². The zero-order valence-electron chi connectivity index (χ0n) is 25.1. The number of hydrogen-bond donors (Lipinski definition) is 8. The molecule has 0 bridgehead atoms. The maximum Gasteiger partial charge on any atom is 1.00 e. The Balaban J connectivity index is 0.00000312. The van der Waals surface area contributed by atoms with Crippen molar-refractivity contribution < 1.29 is 132 Å². The van der Waals surface area contributed by atoms with Gasteiger partial charge in [0.15, 0.2) is 23.7 Å². The number of aliphatic hydroxyl groups is 6. The molecule has 5 rings (SSSR count). The van der Waals surface area contributed by atoms with Gasteiger partial charge in [0.1, 0.15) is 42.7 Å². The number of aliphatic hydroxyl groups excluding tert-OH is 6. The van der Waals surface area contributed by atoms with Crippen LogP contribution in [0.2, 0.25) is 0 Å². The summed E-state index contributed by atoms with van der Waals surface area (Å²) in [6.45, 7) is -1.67. The van der Waals surface area contributed by atoms with Crippen molar-refractivity contribution in [2.24, 2.45) is 0 Å². The first-order valence-corrected chi connectivity index (χ1v) is 16.1. The van der Waals surface area contributed by atoms with Crippen LogP contribution in [-0.4, -0.2) is 127 Å². The van der Waals surface area contributed by atoms with Gasteiger partial charge in [-0.2, -0.15) is 4.98 Å². The summed E-state index contributed by atoms with van der Waals surface area (Å²) in [5.41, 5.74) is 4.86. The zero-order valence-corrected chi connectivity index (χ0v) is 30.9. The summed E-state index contributed by atoms with van der Waals surface area (Å²) in [5.74, 6) is -0.295. The van der Waals surface area contributed by atoms with Crippen LogP contribution in [0.3, 0.4) is 0 Å². The molecule has 3 aromatic heterocycles. The van der Waals surface area contributed by atoms with Gasteiger partial charge in [0.05, 0.1) is 25.2 Å². The number of nitrogens with two attached hydrogens (primary N) is 1. The Morgan fingerprint density at radius 2 is 1.69 bits per heavy atom. The number of phosphoric ester groups is 2. The van der Waals surface area contributed by atoms with Gasteiger partial charge in [-0.1, -0.05) is 5.21 Å². The number of rotatable bonds is 12. The third-order valence-electron chi connectivity index (χ3n) is 6.88. The molecule has 2 unspecified atom stereocenters. The van der Waals surface area contributed by atoms with Gasteiger partial charge in [-0.15, -0.1) is 5.10 Å². The summed E-state index contributed by atoms with van der Waals surface area (Å²) in [6, 6.07) is 0. The molecular formula is C20H28N8Na2O16P2. The summed E-state index contributed by atoms with van der Waals surface area (Å²) in [6.07, 6.45) is -13.8. The van der Waals surface area contributed by atoms with Crippen LogP contribution in [0, 0.1) is 0 Å². The standard InChI is InChI=1S/C20H30N8O16P2.2Na/c21-20-23-16-10(17(35)24-20)22-6-28(16)18-14(33)12(31)9(41-18)5-40-45(36,37)44-46(38,39)43-19-15(34)13(32)11(30)8(42-19)4-27-3-7(1-2-29)25-26-27;;/h3,6,8-9,11-15,18-19,29-34H,1-2,4-5H2,(H,36,37)(H,38,39)(H3,21,23,24,35);;/q;2*+1/p-2/t8-,9+,11+,12+,13+,14+,15-,18+,19+;;/m0../s1. The summed E-state index contributed by atoms with van der Waals surface area (Å²) in [5, 5.41) is 68.1. The fourth-order valence-corrected chi connectivity index (χ4v) is 6.76. The number of nitrogens with one attached hydrogen (secondary N) is 1. The molecule has 0 radical (unpaired) electrons. The molecule has 256 valence electrons. The van der Waals surface area contributed by atoms with Crippen molar-refractivity contribution in [1.82, 2.24) is 34.5 Å². The third kappa shape index (κ3) is 9.36. The number of phosphoric acid groups is 2. The van der Waals surface area contributed by atoms with Crippen LogP contribution in [-0.2, 0) is 44.9 Å². The molecule has 24 nitrogen and oxygen atoms in total. The molecular weight excluding hydrogens is 716 g/mol. The number of imidazole rings is 1. The van der Waals surface area contributed by atoms with Gasteiger partial charge >= 0.3 is 59.1 Å². The summed E-state index contributed by atoms with van der Waals surface area (Å²) in [7, 11) is -11.8. The number of aromatic amines is 1. The minimum absolute atomic E-state index is 0. The predicted octanol–water partition coefficient (Wildman–Crippen LogP) is -12.1. The van der Waals surface area contributed by atoms with E-state index in [1.807, 2.05) is 0 Å². The van der Waals surface area contributed by atoms with Gasteiger partial charge in [0.2, 0.25) is 5.95 Å². The Hall–Kier alpha value is -0.770. The number of fused-ring (bicyclic) bond motifs is 1. The molecule has 0 saturated carbocycles.